The van der Waals surface area contributed by atoms with Crippen LogP contribution < -0.4 is 0 Å². The first-order chi connectivity index (χ1) is 7.43. The van der Waals surface area contributed by atoms with Gasteiger partial charge in [-0.2, -0.15) is 13.2 Å². The van der Waals surface area contributed by atoms with E-state index < -0.39 is 12.0 Å². The van der Waals surface area contributed by atoms with E-state index in [2.05, 4.69) is 0 Å². The molecule has 0 heterocycles. The predicted octanol–water partition coefficient (Wildman–Crippen LogP) is 3.39. The second-order valence-corrected chi connectivity index (χ2v) is 3.29. The molecule has 0 saturated carbocycles. The van der Waals surface area contributed by atoms with Crippen LogP contribution in [0.2, 0.25) is 0 Å². The Morgan fingerprint density at radius 2 is 1.81 bits per heavy atom. The van der Waals surface area contributed by atoms with Gasteiger partial charge < -0.3 is 0 Å². The number of ketones is 1. The molecule has 0 N–H and O–H groups in total. The van der Waals surface area contributed by atoms with Gasteiger partial charge in [0.25, 0.3) is 5.78 Å². The van der Waals surface area contributed by atoms with Crippen molar-refractivity contribution in [2.45, 2.75) is 19.5 Å². The van der Waals surface area contributed by atoms with Gasteiger partial charge in [0.1, 0.15) is 0 Å². The molecule has 0 bridgehead atoms. The third kappa shape index (κ3) is 3.53. The molecule has 0 spiro atoms. The molecule has 16 heavy (non-hydrogen) atoms. The summed E-state index contributed by atoms with van der Waals surface area (Å²) in [4.78, 5) is 10.5. The van der Waals surface area contributed by atoms with E-state index >= 15 is 0 Å². The Morgan fingerprint density at radius 1 is 1.25 bits per heavy atom. The number of alkyl halides is 3. The van der Waals surface area contributed by atoms with Gasteiger partial charge in [-0.05, 0) is 23.6 Å². The summed E-state index contributed by atoms with van der Waals surface area (Å²) < 4.78 is 35.6. The normalized spacial score (nSPS) is 12.0. The number of carbonyl (C=O) groups excluding carboxylic acids is 1. The zero-order valence-corrected chi connectivity index (χ0v) is 8.71. The quantitative estimate of drug-likeness (QED) is 0.725. The molecule has 4 heteroatoms. The Bertz CT molecular complexity index is 388. The van der Waals surface area contributed by atoms with Gasteiger partial charge in [0.2, 0.25) is 0 Å². The number of rotatable bonds is 3. The standard InChI is InChI=1S/C12H11F3O/c1-2-9-3-5-10(6-4-9)7-8-11(16)12(13,14)15/h3-8H,2H2,1H3. The molecule has 0 aliphatic heterocycles. The van der Waals surface area contributed by atoms with E-state index in [0.29, 0.717) is 11.6 Å². The van der Waals surface area contributed by atoms with Crippen LogP contribution in [0.4, 0.5) is 13.2 Å². The van der Waals surface area contributed by atoms with Crippen LogP contribution in [0.3, 0.4) is 0 Å². The second kappa shape index (κ2) is 4.96. The van der Waals surface area contributed by atoms with Crippen molar-refractivity contribution < 1.29 is 18.0 Å². The first-order valence-corrected chi connectivity index (χ1v) is 4.81. The SMILES string of the molecule is CCc1ccc(C=CC(=O)C(F)(F)F)cc1. The third-order valence-electron chi connectivity index (χ3n) is 2.09. The van der Waals surface area contributed by atoms with E-state index in [4.69, 9.17) is 0 Å². The molecule has 0 saturated heterocycles. The number of halogens is 3. The summed E-state index contributed by atoms with van der Waals surface area (Å²) >= 11 is 0. The largest absolute Gasteiger partial charge is 0.454 e. The smallest absolute Gasteiger partial charge is 0.285 e. The fourth-order valence-electron chi connectivity index (χ4n) is 1.13. The highest BCUT2D eigenvalue weighted by atomic mass is 19.4. The summed E-state index contributed by atoms with van der Waals surface area (Å²) in [6, 6.07) is 6.99. The van der Waals surface area contributed by atoms with Crippen molar-refractivity contribution in [3.8, 4) is 0 Å². The predicted molar refractivity (Wildman–Crippen MR) is 55.9 cm³/mol. The van der Waals surface area contributed by atoms with E-state index in [-0.39, 0.29) is 0 Å². The third-order valence-corrected chi connectivity index (χ3v) is 2.09. The van der Waals surface area contributed by atoms with Crippen molar-refractivity contribution >= 4 is 11.9 Å². The van der Waals surface area contributed by atoms with Crippen molar-refractivity contribution in [1.29, 1.82) is 0 Å². The second-order valence-electron chi connectivity index (χ2n) is 3.29. The van der Waals surface area contributed by atoms with E-state index in [1.54, 1.807) is 12.1 Å². The number of hydrogen-bond acceptors (Lipinski definition) is 1. The monoisotopic (exact) mass is 228 g/mol. The Labute approximate surface area is 91.6 Å². The maximum atomic E-state index is 11.9. The average Bonchev–Trinajstić information content (AvgIpc) is 2.25. The van der Waals surface area contributed by atoms with Gasteiger partial charge >= 0.3 is 6.18 Å². The van der Waals surface area contributed by atoms with Crippen LogP contribution in [0.1, 0.15) is 18.1 Å². The van der Waals surface area contributed by atoms with Gasteiger partial charge in [0.15, 0.2) is 0 Å². The van der Waals surface area contributed by atoms with Crippen molar-refractivity contribution in [1.82, 2.24) is 0 Å². The molecular weight excluding hydrogens is 217 g/mol. The molecule has 0 aromatic heterocycles. The van der Waals surface area contributed by atoms with E-state index in [1.807, 2.05) is 19.1 Å². The molecule has 1 aromatic rings. The van der Waals surface area contributed by atoms with Crippen molar-refractivity contribution in [2.75, 3.05) is 0 Å². The molecule has 0 aliphatic carbocycles. The van der Waals surface area contributed by atoms with E-state index in [9.17, 15) is 18.0 Å². The fraction of sp³-hybridized carbons (Fsp3) is 0.250. The first kappa shape index (κ1) is 12.5. The van der Waals surface area contributed by atoms with Crippen LogP contribution in [0.5, 0.6) is 0 Å². The molecule has 0 amide bonds. The zero-order valence-electron chi connectivity index (χ0n) is 8.71. The molecule has 1 aromatic carbocycles. The summed E-state index contributed by atoms with van der Waals surface area (Å²) in [5.41, 5.74) is 1.68. The molecule has 0 fully saturated rings. The highest BCUT2D eigenvalue weighted by molar-refractivity contribution is 5.97. The van der Waals surface area contributed by atoms with Crippen LogP contribution in [0, 0.1) is 0 Å². The van der Waals surface area contributed by atoms with E-state index in [1.165, 1.54) is 0 Å². The Morgan fingerprint density at radius 3 is 2.25 bits per heavy atom. The summed E-state index contributed by atoms with van der Waals surface area (Å²) in [5.74, 6) is -1.84. The van der Waals surface area contributed by atoms with Crippen molar-refractivity contribution in [3.05, 3.63) is 41.5 Å². The molecule has 0 unspecified atom stereocenters. The summed E-state index contributed by atoms with van der Waals surface area (Å²) in [6.07, 6.45) is -2.22. The minimum Gasteiger partial charge on any atom is -0.285 e. The van der Waals surface area contributed by atoms with Gasteiger partial charge in [-0.1, -0.05) is 37.3 Å². The highest BCUT2D eigenvalue weighted by Crippen LogP contribution is 2.17. The van der Waals surface area contributed by atoms with Gasteiger partial charge in [-0.15, -0.1) is 0 Å². The fourth-order valence-corrected chi connectivity index (χ4v) is 1.13. The van der Waals surface area contributed by atoms with Gasteiger partial charge in [-0.25, -0.2) is 0 Å². The number of aryl methyl sites for hydroxylation is 1. The number of allylic oxidation sites excluding steroid dienone is 1. The summed E-state index contributed by atoms with van der Waals surface area (Å²) in [7, 11) is 0. The first-order valence-electron chi connectivity index (χ1n) is 4.81. The van der Waals surface area contributed by atoms with Crippen LogP contribution in [0.15, 0.2) is 30.3 Å². The molecule has 86 valence electrons. The molecule has 0 radical (unpaired) electrons. The zero-order chi connectivity index (χ0) is 12.2. The van der Waals surface area contributed by atoms with Crippen LogP contribution in [-0.2, 0) is 11.2 Å². The lowest BCUT2D eigenvalue weighted by Gasteiger charge is -2.00. The number of carbonyl (C=O) groups is 1. The highest BCUT2D eigenvalue weighted by Gasteiger charge is 2.35. The maximum Gasteiger partial charge on any atom is 0.454 e. The minimum absolute atomic E-state index is 0.543. The molecule has 0 atom stereocenters. The Balaban J connectivity index is 2.73. The number of benzene rings is 1. The molecule has 0 aliphatic rings. The van der Waals surface area contributed by atoms with Gasteiger partial charge in [-0.3, -0.25) is 4.79 Å². The topological polar surface area (TPSA) is 17.1 Å². The van der Waals surface area contributed by atoms with Crippen molar-refractivity contribution in [2.24, 2.45) is 0 Å². The van der Waals surface area contributed by atoms with Crippen molar-refractivity contribution in [3.63, 3.8) is 0 Å². The summed E-state index contributed by atoms with van der Waals surface area (Å²) in [6.45, 7) is 1.98. The average molecular weight is 228 g/mol. The van der Waals surface area contributed by atoms with Crippen LogP contribution in [0.25, 0.3) is 6.08 Å². The lowest BCUT2D eigenvalue weighted by atomic mass is 10.1. The summed E-state index contributed by atoms with van der Waals surface area (Å²) in [5, 5.41) is 0. The lowest BCUT2D eigenvalue weighted by molar-refractivity contribution is -0.165. The molecular formula is C12H11F3O. The van der Waals surface area contributed by atoms with E-state index in [0.717, 1.165) is 18.1 Å². The van der Waals surface area contributed by atoms with Gasteiger partial charge in [0.05, 0.1) is 0 Å². The maximum absolute atomic E-state index is 11.9. The molecule has 1 nitrogen and oxygen atoms in total. The Kier molecular flexibility index (Phi) is 3.88. The minimum atomic E-state index is -4.79. The van der Waals surface area contributed by atoms with Crippen LogP contribution in [-0.4, -0.2) is 12.0 Å². The molecule has 1 rings (SSSR count). The van der Waals surface area contributed by atoms with Gasteiger partial charge in [0, 0.05) is 0 Å². The lowest BCUT2D eigenvalue weighted by Crippen LogP contribution is -2.19. The Hall–Kier alpha value is -1.58. The van der Waals surface area contributed by atoms with Crippen LogP contribution >= 0.6 is 0 Å². The number of hydrogen-bond donors (Lipinski definition) is 0.